The van der Waals surface area contributed by atoms with Crippen LogP contribution < -0.4 is 5.32 Å². The van der Waals surface area contributed by atoms with Gasteiger partial charge in [-0.2, -0.15) is 11.3 Å². The summed E-state index contributed by atoms with van der Waals surface area (Å²) in [5.41, 5.74) is 3.64. The molecule has 1 aromatic heterocycles. The number of nitrogens with zero attached hydrogens (tertiary/aromatic N) is 1. The minimum atomic E-state index is 0.0282. The standard InChI is InChI=1S/C17H20N2OS/c1-13(10-18-17(20)16-7-9-21-12-16)19-8-6-14-4-2-3-5-15(14)11-19/h2-5,7,9,12-13H,6,8,10-11H2,1H3,(H,18,20)/t13-/m1/s1. The van der Waals surface area contributed by atoms with Gasteiger partial charge in [0.05, 0.1) is 0 Å². The van der Waals surface area contributed by atoms with Crippen molar-refractivity contribution in [1.82, 2.24) is 10.2 Å². The molecule has 2 aromatic rings. The fourth-order valence-electron chi connectivity index (χ4n) is 2.76. The normalized spacial score (nSPS) is 16.2. The Kier molecular flexibility index (Phi) is 4.36. The number of thiophene rings is 1. The maximum absolute atomic E-state index is 12.0. The molecule has 3 rings (SSSR count). The predicted octanol–water partition coefficient (Wildman–Crippen LogP) is 2.92. The van der Waals surface area contributed by atoms with Crippen molar-refractivity contribution in [2.24, 2.45) is 0 Å². The van der Waals surface area contributed by atoms with Crippen LogP contribution in [0.2, 0.25) is 0 Å². The van der Waals surface area contributed by atoms with E-state index in [-0.39, 0.29) is 5.91 Å². The van der Waals surface area contributed by atoms with Crippen molar-refractivity contribution in [2.75, 3.05) is 13.1 Å². The Morgan fingerprint density at radius 3 is 2.90 bits per heavy atom. The van der Waals surface area contributed by atoms with Crippen LogP contribution in [0.25, 0.3) is 0 Å². The molecule has 4 heteroatoms. The number of hydrogen-bond acceptors (Lipinski definition) is 3. The van der Waals surface area contributed by atoms with Gasteiger partial charge in [-0.25, -0.2) is 0 Å². The Hall–Kier alpha value is -1.65. The fraction of sp³-hybridized carbons (Fsp3) is 0.353. The van der Waals surface area contributed by atoms with E-state index >= 15 is 0 Å². The van der Waals surface area contributed by atoms with Crippen LogP contribution in [0, 0.1) is 0 Å². The van der Waals surface area contributed by atoms with E-state index in [0.29, 0.717) is 12.6 Å². The number of benzene rings is 1. The van der Waals surface area contributed by atoms with E-state index in [9.17, 15) is 4.79 Å². The Bertz CT molecular complexity index is 609. The fourth-order valence-corrected chi connectivity index (χ4v) is 3.39. The minimum absolute atomic E-state index is 0.0282. The van der Waals surface area contributed by atoms with Crippen molar-refractivity contribution in [2.45, 2.75) is 25.9 Å². The smallest absolute Gasteiger partial charge is 0.252 e. The highest BCUT2D eigenvalue weighted by Crippen LogP contribution is 2.20. The molecular formula is C17H20N2OS. The Morgan fingerprint density at radius 1 is 1.33 bits per heavy atom. The third-order valence-electron chi connectivity index (χ3n) is 4.12. The molecule has 0 bridgehead atoms. The van der Waals surface area contributed by atoms with Crippen molar-refractivity contribution < 1.29 is 4.79 Å². The summed E-state index contributed by atoms with van der Waals surface area (Å²) in [5.74, 6) is 0.0282. The first-order chi connectivity index (χ1) is 10.2. The van der Waals surface area contributed by atoms with E-state index in [1.54, 1.807) is 11.3 Å². The molecule has 1 atom stereocenters. The largest absolute Gasteiger partial charge is 0.350 e. The van der Waals surface area contributed by atoms with Crippen LogP contribution >= 0.6 is 11.3 Å². The van der Waals surface area contributed by atoms with Gasteiger partial charge >= 0.3 is 0 Å². The summed E-state index contributed by atoms with van der Waals surface area (Å²) in [6, 6.07) is 10.8. The molecule has 0 radical (unpaired) electrons. The maximum Gasteiger partial charge on any atom is 0.252 e. The molecule has 1 aliphatic heterocycles. The monoisotopic (exact) mass is 300 g/mol. The van der Waals surface area contributed by atoms with E-state index in [4.69, 9.17) is 0 Å². The van der Waals surface area contributed by atoms with Gasteiger partial charge in [-0.05, 0) is 35.9 Å². The van der Waals surface area contributed by atoms with Gasteiger partial charge in [-0.1, -0.05) is 24.3 Å². The second-order valence-electron chi connectivity index (χ2n) is 5.56. The van der Waals surface area contributed by atoms with Gasteiger partial charge in [0.1, 0.15) is 0 Å². The van der Waals surface area contributed by atoms with Gasteiger partial charge in [0, 0.05) is 36.6 Å². The van der Waals surface area contributed by atoms with Gasteiger partial charge in [0.15, 0.2) is 0 Å². The zero-order chi connectivity index (χ0) is 14.7. The first-order valence-electron chi connectivity index (χ1n) is 7.35. The van der Waals surface area contributed by atoms with Crippen LogP contribution in [0.3, 0.4) is 0 Å². The lowest BCUT2D eigenvalue weighted by atomic mass is 9.99. The first kappa shape index (κ1) is 14.3. The average Bonchev–Trinajstić information content (AvgIpc) is 3.06. The maximum atomic E-state index is 12.0. The molecule has 0 aliphatic carbocycles. The third kappa shape index (κ3) is 3.34. The van der Waals surface area contributed by atoms with Crippen molar-refractivity contribution in [3.8, 4) is 0 Å². The topological polar surface area (TPSA) is 32.3 Å². The molecule has 3 nitrogen and oxygen atoms in total. The summed E-state index contributed by atoms with van der Waals surface area (Å²) in [5, 5.41) is 6.85. The first-order valence-corrected chi connectivity index (χ1v) is 8.29. The SMILES string of the molecule is C[C@H](CNC(=O)c1ccsc1)N1CCc2ccccc2C1. The third-order valence-corrected chi connectivity index (χ3v) is 4.81. The average molecular weight is 300 g/mol. The van der Waals surface area contributed by atoms with Crippen LogP contribution in [0.5, 0.6) is 0 Å². The quantitative estimate of drug-likeness (QED) is 0.941. The molecule has 1 N–H and O–H groups in total. The molecule has 1 aliphatic rings. The highest BCUT2D eigenvalue weighted by atomic mass is 32.1. The zero-order valence-corrected chi connectivity index (χ0v) is 13.0. The molecule has 0 unspecified atom stereocenters. The molecule has 110 valence electrons. The molecule has 2 heterocycles. The number of carbonyl (C=O) groups excluding carboxylic acids is 1. The van der Waals surface area contributed by atoms with Gasteiger partial charge in [0.2, 0.25) is 0 Å². The van der Waals surface area contributed by atoms with Crippen molar-refractivity contribution in [1.29, 1.82) is 0 Å². The number of fused-ring (bicyclic) bond motifs is 1. The molecule has 1 aromatic carbocycles. The number of nitrogens with one attached hydrogen (secondary N) is 1. The Labute approximate surface area is 129 Å². The Morgan fingerprint density at radius 2 is 2.14 bits per heavy atom. The summed E-state index contributed by atoms with van der Waals surface area (Å²) in [6.45, 7) is 4.91. The molecular weight excluding hydrogens is 280 g/mol. The molecule has 1 amide bonds. The number of hydrogen-bond donors (Lipinski definition) is 1. The summed E-state index contributed by atoms with van der Waals surface area (Å²) in [4.78, 5) is 14.4. The van der Waals surface area contributed by atoms with Crippen LogP contribution in [0.1, 0.15) is 28.4 Å². The molecule has 0 saturated carbocycles. The van der Waals surface area contributed by atoms with Crippen molar-refractivity contribution >= 4 is 17.2 Å². The van der Waals surface area contributed by atoms with E-state index in [1.165, 1.54) is 11.1 Å². The van der Waals surface area contributed by atoms with Gasteiger partial charge in [-0.15, -0.1) is 0 Å². The van der Waals surface area contributed by atoms with E-state index < -0.39 is 0 Å². The summed E-state index contributed by atoms with van der Waals surface area (Å²) < 4.78 is 0. The van der Waals surface area contributed by atoms with Crippen molar-refractivity contribution in [3.05, 3.63) is 57.8 Å². The molecule has 21 heavy (non-hydrogen) atoms. The molecule has 0 spiro atoms. The molecule has 0 saturated heterocycles. The Balaban J connectivity index is 1.55. The summed E-state index contributed by atoms with van der Waals surface area (Å²) in [6.07, 6.45) is 1.10. The minimum Gasteiger partial charge on any atom is -0.350 e. The lowest BCUT2D eigenvalue weighted by Crippen LogP contribution is -2.44. The van der Waals surface area contributed by atoms with Crippen LogP contribution in [0.15, 0.2) is 41.1 Å². The highest BCUT2D eigenvalue weighted by molar-refractivity contribution is 7.08. The van der Waals surface area contributed by atoms with Crippen LogP contribution in [-0.4, -0.2) is 29.9 Å². The van der Waals surface area contributed by atoms with E-state index in [1.807, 2.05) is 16.8 Å². The number of carbonyl (C=O) groups is 1. The van der Waals surface area contributed by atoms with Crippen LogP contribution in [0.4, 0.5) is 0 Å². The summed E-state index contributed by atoms with van der Waals surface area (Å²) in [7, 11) is 0. The number of rotatable bonds is 4. The van der Waals surface area contributed by atoms with E-state index in [0.717, 1.165) is 25.1 Å². The predicted molar refractivity (Wildman–Crippen MR) is 86.7 cm³/mol. The van der Waals surface area contributed by atoms with E-state index in [2.05, 4.69) is 41.4 Å². The summed E-state index contributed by atoms with van der Waals surface area (Å²) >= 11 is 1.55. The van der Waals surface area contributed by atoms with Crippen molar-refractivity contribution in [3.63, 3.8) is 0 Å². The number of amides is 1. The highest BCUT2D eigenvalue weighted by Gasteiger charge is 2.20. The molecule has 0 fully saturated rings. The second-order valence-corrected chi connectivity index (χ2v) is 6.34. The van der Waals surface area contributed by atoms with Gasteiger partial charge in [0.25, 0.3) is 5.91 Å². The van der Waals surface area contributed by atoms with Crippen LogP contribution in [-0.2, 0) is 13.0 Å². The van der Waals surface area contributed by atoms with Gasteiger partial charge in [-0.3, -0.25) is 9.69 Å². The lowest BCUT2D eigenvalue weighted by molar-refractivity contribution is 0.0933. The lowest BCUT2D eigenvalue weighted by Gasteiger charge is -2.33. The van der Waals surface area contributed by atoms with Gasteiger partial charge < -0.3 is 5.32 Å². The second kappa shape index (κ2) is 6.41. The zero-order valence-electron chi connectivity index (χ0n) is 12.2.